The minimum absolute atomic E-state index is 0.0237. The number of hydrogen-bond acceptors (Lipinski definition) is 8. The van der Waals surface area contributed by atoms with Crippen molar-refractivity contribution in [2.24, 2.45) is 11.7 Å². The van der Waals surface area contributed by atoms with E-state index in [2.05, 4.69) is 9.64 Å². The Morgan fingerprint density at radius 3 is 2.37 bits per heavy atom. The number of amidine groups is 1. The second kappa shape index (κ2) is 12.4. The van der Waals surface area contributed by atoms with Crippen LogP contribution in [0.15, 0.2) is 24.3 Å². The van der Waals surface area contributed by atoms with Crippen LogP contribution >= 0.6 is 0 Å². The first-order chi connectivity index (χ1) is 16.8. The zero-order valence-electron chi connectivity index (χ0n) is 20.5. The molecule has 1 aromatic rings. The Hall–Kier alpha value is -3.30. The molecule has 3 N–H and O–H groups in total. The van der Waals surface area contributed by atoms with Gasteiger partial charge in [0.05, 0.1) is 6.61 Å². The number of rotatable bonds is 8. The van der Waals surface area contributed by atoms with Crippen LogP contribution in [0, 0.1) is 11.3 Å². The fraction of sp³-hybridized carbons (Fsp3) is 0.600. The highest BCUT2D eigenvalue weighted by molar-refractivity contribution is 5.95. The van der Waals surface area contributed by atoms with Gasteiger partial charge in [-0.2, -0.15) is 0 Å². The summed E-state index contributed by atoms with van der Waals surface area (Å²) >= 11 is 0. The third-order valence-electron chi connectivity index (χ3n) is 6.50. The Morgan fingerprint density at radius 1 is 1.06 bits per heavy atom. The highest BCUT2D eigenvalue weighted by Crippen LogP contribution is 2.28. The van der Waals surface area contributed by atoms with Crippen LogP contribution in [0.25, 0.3) is 0 Å². The van der Waals surface area contributed by atoms with Crippen LogP contribution in [0.2, 0.25) is 0 Å². The summed E-state index contributed by atoms with van der Waals surface area (Å²) in [6, 6.07) is 7.27. The number of carbonyl (C=O) groups excluding carboxylic acids is 3. The molecular weight excluding hydrogens is 452 g/mol. The first-order valence-electron chi connectivity index (χ1n) is 12.3. The number of piperidine rings is 2. The van der Waals surface area contributed by atoms with Crippen LogP contribution in [-0.4, -0.2) is 67.3 Å². The van der Waals surface area contributed by atoms with Crippen molar-refractivity contribution in [1.29, 1.82) is 5.41 Å². The second-order valence-corrected chi connectivity index (χ2v) is 9.00. The summed E-state index contributed by atoms with van der Waals surface area (Å²) in [4.78, 5) is 41.0. The van der Waals surface area contributed by atoms with Gasteiger partial charge in [0.2, 0.25) is 12.2 Å². The largest absolute Gasteiger partial charge is 0.511 e. The molecule has 0 aliphatic carbocycles. The molecule has 2 atom stereocenters. The van der Waals surface area contributed by atoms with Gasteiger partial charge >= 0.3 is 12.1 Å². The molecule has 10 heteroatoms. The van der Waals surface area contributed by atoms with Crippen molar-refractivity contribution >= 4 is 29.6 Å². The molecule has 3 rings (SSSR count). The van der Waals surface area contributed by atoms with E-state index in [9.17, 15) is 14.4 Å². The van der Waals surface area contributed by atoms with E-state index in [1.54, 1.807) is 6.92 Å². The molecule has 35 heavy (non-hydrogen) atoms. The van der Waals surface area contributed by atoms with Gasteiger partial charge in [0, 0.05) is 44.2 Å². The van der Waals surface area contributed by atoms with Crippen molar-refractivity contribution in [2.75, 3.05) is 31.1 Å². The van der Waals surface area contributed by atoms with Gasteiger partial charge in [0.15, 0.2) is 0 Å². The SMILES string of the molecule is CCOC(=O)OC(C)OC(=O)CC1CCN(C(=O)C2CCCCN2c2ccc(C(=N)N)cc2)CC1. The zero-order chi connectivity index (χ0) is 25.4. The topological polar surface area (TPSA) is 135 Å². The van der Waals surface area contributed by atoms with Crippen molar-refractivity contribution in [2.45, 2.75) is 64.7 Å². The lowest BCUT2D eigenvalue weighted by Crippen LogP contribution is -2.53. The number of likely N-dealkylation sites (tertiary alicyclic amines) is 1. The average Bonchev–Trinajstić information content (AvgIpc) is 2.84. The number of ether oxygens (including phenoxy) is 3. The number of nitrogens with two attached hydrogens (primary N) is 1. The smallest absolute Gasteiger partial charge is 0.435 e. The van der Waals surface area contributed by atoms with Gasteiger partial charge in [-0.05, 0) is 69.2 Å². The Balaban J connectivity index is 1.50. The Bertz CT molecular complexity index is 898. The van der Waals surface area contributed by atoms with Crippen LogP contribution in [0.5, 0.6) is 0 Å². The minimum Gasteiger partial charge on any atom is -0.435 e. The molecule has 0 saturated carbocycles. The van der Waals surface area contributed by atoms with Gasteiger partial charge in [-0.15, -0.1) is 0 Å². The fourth-order valence-electron chi connectivity index (χ4n) is 4.68. The lowest BCUT2D eigenvalue weighted by molar-refractivity contribution is -0.169. The summed E-state index contributed by atoms with van der Waals surface area (Å²) in [6.07, 6.45) is 2.61. The number of nitrogen functional groups attached to an aromatic ring is 1. The van der Waals surface area contributed by atoms with Crippen LogP contribution < -0.4 is 10.6 Å². The highest BCUT2D eigenvalue weighted by Gasteiger charge is 2.34. The Kier molecular flexibility index (Phi) is 9.33. The fourth-order valence-corrected chi connectivity index (χ4v) is 4.68. The number of hydrogen-bond donors (Lipinski definition) is 2. The molecule has 2 saturated heterocycles. The van der Waals surface area contributed by atoms with Gasteiger partial charge in [-0.1, -0.05) is 0 Å². The molecule has 0 spiro atoms. The molecule has 1 aromatic carbocycles. The van der Waals surface area contributed by atoms with Crippen molar-refractivity contribution in [3.8, 4) is 0 Å². The van der Waals surface area contributed by atoms with Crippen LogP contribution in [0.3, 0.4) is 0 Å². The van der Waals surface area contributed by atoms with Crippen LogP contribution in [-0.2, 0) is 23.8 Å². The van der Waals surface area contributed by atoms with Gasteiger partial charge in [0.1, 0.15) is 11.9 Å². The van der Waals surface area contributed by atoms with Crippen molar-refractivity contribution in [3.05, 3.63) is 29.8 Å². The number of amides is 1. The van der Waals surface area contributed by atoms with E-state index < -0.39 is 18.4 Å². The summed E-state index contributed by atoms with van der Waals surface area (Å²) in [5, 5.41) is 7.58. The molecule has 10 nitrogen and oxygen atoms in total. The van der Waals surface area contributed by atoms with Crippen molar-refractivity contribution in [1.82, 2.24) is 4.90 Å². The molecule has 1 amide bonds. The summed E-state index contributed by atoms with van der Waals surface area (Å²) in [6.45, 7) is 5.32. The lowest BCUT2D eigenvalue weighted by atomic mass is 9.92. The maximum absolute atomic E-state index is 13.4. The van der Waals surface area contributed by atoms with E-state index in [0.29, 0.717) is 31.5 Å². The van der Waals surface area contributed by atoms with E-state index >= 15 is 0 Å². The number of nitrogens with one attached hydrogen (secondary N) is 1. The molecule has 192 valence electrons. The predicted octanol–water partition coefficient (Wildman–Crippen LogP) is 3.02. The van der Waals surface area contributed by atoms with E-state index in [1.165, 1.54) is 6.92 Å². The number of esters is 1. The quantitative estimate of drug-likeness (QED) is 0.247. The molecular formula is C25H36N4O6. The van der Waals surface area contributed by atoms with Gasteiger partial charge < -0.3 is 29.7 Å². The number of carbonyl (C=O) groups is 3. The highest BCUT2D eigenvalue weighted by atomic mass is 16.8. The van der Waals surface area contributed by atoms with E-state index in [-0.39, 0.29) is 36.7 Å². The minimum atomic E-state index is -1.01. The summed E-state index contributed by atoms with van der Waals surface area (Å²) < 4.78 is 14.7. The normalized spacial score (nSPS) is 19.5. The summed E-state index contributed by atoms with van der Waals surface area (Å²) in [5.41, 5.74) is 7.19. The van der Waals surface area contributed by atoms with Crippen LogP contribution in [0.4, 0.5) is 10.5 Å². The lowest BCUT2D eigenvalue weighted by Gasteiger charge is -2.41. The first-order valence-corrected chi connectivity index (χ1v) is 12.3. The molecule has 2 aliphatic heterocycles. The predicted molar refractivity (Wildman–Crippen MR) is 130 cm³/mol. The van der Waals surface area contributed by atoms with Crippen molar-refractivity contribution in [3.63, 3.8) is 0 Å². The summed E-state index contributed by atoms with van der Waals surface area (Å²) in [5.74, 6) is -0.171. The third-order valence-corrected chi connectivity index (χ3v) is 6.50. The number of benzene rings is 1. The number of nitrogens with zero attached hydrogens (tertiary/aromatic N) is 2. The Morgan fingerprint density at radius 2 is 1.74 bits per heavy atom. The monoisotopic (exact) mass is 488 g/mol. The maximum Gasteiger partial charge on any atom is 0.511 e. The van der Waals surface area contributed by atoms with Crippen molar-refractivity contribution < 1.29 is 28.6 Å². The third kappa shape index (κ3) is 7.34. The molecule has 0 bridgehead atoms. The molecule has 2 heterocycles. The van der Waals surface area contributed by atoms with Gasteiger partial charge in [-0.3, -0.25) is 15.0 Å². The first kappa shape index (κ1) is 26.3. The summed E-state index contributed by atoms with van der Waals surface area (Å²) in [7, 11) is 0. The molecule has 2 unspecified atom stereocenters. The van der Waals surface area contributed by atoms with E-state index in [4.69, 9.17) is 20.6 Å². The van der Waals surface area contributed by atoms with Gasteiger partial charge in [0.25, 0.3) is 0 Å². The standard InChI is InChI=1S/C25H36N4O6/c1-3-33-25(32)35-17(2)34-22(30)16-18-11-14-28(15-12-18)24(31)21-6-4-5-13-29(21)20-9-7-19(8-10-20)23(26)27/h7-10,17-18,21H,3-6,11-16H2,1-2H3,(H3,26,27). The molecule has 0 radical (unpaired) electrons. The Labute approximate surface area is 206 Å². The molecule has 2 fully saturated rings. The molecule has 2 aliphatic rings. The second-order valence-electron chi connectivity index (χ2n) is 9.00. The maximum atomic E-state index is 13.4. The van der Waals surface area contributed by atoms with E-state index in [0.717, 1.165) is 31.5 Å². The van der Waals surface area contributed by atoms with Crippen LogP contribution in [0.1, 0.15) is 57.9 Å². The molecule has 0 aromatic heterocycles. The van der Waals surface area contributed by atoms with Gasteiger partial charge in [-0.25, -0.2) is 4.79 Å². The average molecular weight is 489 g/mol. The number of anilines is 1. The van der Waals surface area contributed by atoms with E-state index in [1.807, 2.05) is 29.2 Å². The zero-order valence-corrected chi connectivity index (χ0v) is 20.5.